The average Bonchev–Trinajstić information content (AvgIpc) is 3.08. The molecule has 3 rings (SSSR count). The predicted molar refractivity (Wildman–Crippen MR) is 106 cm³/mol. The van der Waals surface area contributed by atoms with Crippen LogP contribution in [0.1, 0.15) is 37.0 Å². The molecule has 0 saturated heterocycles. The molecule has 1 N–H and O–H groups in total. The van der Waals surface area contributed by atoms with E-state index in [1.807, 2.05) is 32.3 Å². The van der Waals surface area contributed by atoms with Gasteiger partial charge in [-0.1, -0.05) is 13.3 Å². The molecule has 0 bridgehead atoms. The first-order valence-electron chi connectivity index (χ1n) is 9.37. The van der Waals surface area contributed by atoms with Crippen molar-refractivity contribution < 1.29 is 13.9 Å². The molecule has 2 aromatic heterocycles. The number of nitrogens with zero attached hydrogens (tertiary/aromatic N) is 2. The smallest absolute Gasteiger partial charge is 0.336 e. The molecule has 7 nitrogen and oxygen atoms in total. The second-order valence-electron chi connectivity index (χ2n) is 6.91. The van der Waals surface area contributed by atoms with Crippen LogP contribution in [0.3, 0.4) is 0 Å². The van der Waals surface area contributed by atoms with Gasteiger partial charge in [-0.05, 0) is 38.0 Å². The van der Waals surface area contributed by atoms with Crippen molar-refractivity contribution in [2.45, 2.75) is 46.3 Å². The third-order valence-corrected chi connectivity index (χ3v) is 4.61. The van der Waals surface area contributed by atoms with Gasteiger partial charge >= 0.3 is 5.63 Å². The van der Waals surface area contributed by atoms with Gasteiger partial charge < -0.3 is 14.5 Å². The van der Waals surface area contributed by atoms with Gasteiger partial charge in [-0.15, -0.1) is 0 Å². The lowest BCUT2D eigenvalue weighted by molar-refractivity contribution is -0.127. The lowest BCUT2D eigenvalue weighted by Gasteiger charge is -2.17. The SMILES string of the molecule is CCCc1cc(=O)oc2c(C)c(OC(C)C(=O)NCc3cnn(C)c3)ccc12. The Morgan fingerprint density at radius 3 is 2.86 bits per heavy atom. The summed E-state index contributed by atoms with van der Waals surface area (Å²) >= 11 is 0. The van der Waals surface area contributed by atoms with Crippen molar-refractivity contribution in [1.29, 1.82) is 0 Å². The number of rotatable bonds is 7. The van der Waals surface area contributed by atoms with E-state index in [9.17, 15) is 9.59 Å². The van der Waals surface area contributed by atoms with Crippen LogP contribution in [0.25, 0.3) is 11.0 Å². The van der Waals surface area contributed by atoms with Crippen molar-refractivity contribution in [3.05, 3.63) is 57.7 Å². The molecule has 0 radical (unpaired) electrons. The third kappa shape index (κ3) is 4.24. The molecule has 0 saturated carbocycles. The Kier molecular flexibility index (Phi) is 5.82. The van der Waals surface area contributed by atoms with Crippen LogP contribution >= 0.6 is 0 Å². The van der Waals surface area contributed by atoms with Gasteiger partial charge in [0.25, 0.3) is 5.91 Å². The van der Waals surface area contributed by atoms with Crippen LogP contribution in [0.15, 0.2) is 39.8 Å². The van der Waals surface area contributed by atoms with Gasteiger partial charge in [0, 0.05) is 42.4 Å². The highest BCUT2D eigenvalue weighted by molar-refractivity contribution is 5.85. The number of benzene rings is 1. The average molecular weight is 383 g/mol. The zero-order chi connectivity index (χ0) is 20.3. The van der Waals surface area contributed by atoms with Gasteiger partial charge in [0.15, 0.2) is 6.10 Å². The minimum Gasteiger partial charge on any atom is -0.480 e. The maximum Gasteiger partial charge on any atom is 0.336 e. The third-order valence-electron chi connectivity index (χ3n) is 4.61. The summed E-state index contributed by atoms with van der Waals surface area (Å²) in [6, 6.07) is 5.24. The van der Waals surface area contributed by atoms with Crippen molar-refractivity contribution in [2.75, 3.05) is 0 Å². The normalized spacial score (nSPS) is 12.1. The zero-order valence-electron chi connectivity index (χ0n) is 16.6. The van der Waals surface area contributed by atoms with Crippen LogP contribution < -0.4 is 15.7 Å². The molecular weight excluding hydrogens is 358 g/mol. The summed E-state index contributed by atoms with van der Waals surface area (Å²) in [6.07, 6.45) is 4.59. The number of carbonyl (C=O) groups excluding carboxylic acids is 1. The summed E-state index contributed by atoms with van der Waals surface area (Å²) in [7, 11) is 1.82. The Hall–Kier alpha value is -3.09. The Labute approximate surface area is 163 Å². The molecule has 0 spiro atoms. The number of fused-ring (bicyclic) bond motifs is 1. The number of nitrogens with one attached hydrogen (secondary N) is 1. The summed E-state index contributed by atoms with van der Waals surface area (Å²) in [5.41, 5.74) is 2.72. The van der Waals surface area contributed by atoms with E-state index in [-0.39, 0.29) is 11.5 Å². The molecule has 28 heavy (non-hydrogen) atoms. The minimum absolute atomic E-state index is 0.232. The Morgan fingerprint density at radius 1 is 1.39 bits per heavy atom. The first-order valence-corrected chi connectivity index (χ1v) is 9.37. The van der Waals surface area contributed by atoms with Crippen molar-refractivity contribution >= 4 is 16.9 Å². The van der Waals surface area contributed by atoms with Gasteiger partial charge in [-0.2, -0.15) is 5.10 Å². The zero-order valence-corrected chi connectivity index (χ0v) is 16.6. The summed E-state index contributed by atoms with van der Waals surface area (Å²) in [5, 5.41) is 7.81. The number of aromatic nitrogens is 2. The van der Waals surface area contributed by atoms with Crippen LogP contribution in [0.2, 0.25) is 0 Å². The first-order chi connectivity index (χ1) is 13.4. The first kappa shape index (κ1) is 19.7. The van der Waals surface area contributed by atoms with Crippen molar-refractivity contribution in [2.24, 2.45) is 7.05 Å². The topological polar surface area (TPSA) is 86.4 Å². The largest absolute Gasteiger partial charge is 0.480 e. The van der Waals surface area contributed by atoms with E-state index in [0.717, 1.165) is 29.4 Å². The van der Waals surface area contributed by atoms with Crippen LogP contribution in [-0.2, 0) is 24.8 Å². The summed E-state index contributed by atoms with van der Waals surface area (Å²) in [6.45, 7) is 5.96. The highest BCUT2D eigenvalue weighted by Gasteiger charge is 2.18. The molecule has 0 aliphatic carbocycles. The summed E-state index contributed by atoms with van der Waals surface area (Å²) in [4.78, 5) is 24.3. The molecule has 1 amide bonds. The summed E-state index contributed by atoms with van der Waals surface area (Å²) in [5.74, 6) is 0.290. The van der Waals surface area contributed by atoms with Crippen LogP contribution in [0.4, 0.5) is 0 Å². The van der Waals surface area contributed by atoms with E-state index in [1.165, 1.54) is 0 Å². The van der Waals surface area contributed by atoms with Crippen LogP contribution in [0, 0.1) is 6.92 Å². The number of hydrogen-bond acceptors (Lipinski definition) is 5. The van der Waals surface area contributed by atoms with Crippen molar-refractivity contribution in [1.82, 2.24) is 15.1 Å². The van der Waals surface area contributed by atoms with Crippen molar-refractivity contribution in [3.63, 3.8) is 0 Å². The van der Waals surface area contributed by atoms with Gasteiger partial charge in [0.2, 0.25) is 0 Å². The number of aryl methyl sites for hydroxylation is 3. The Bertz CT molecular complexity index is 1050. The molecule has 2 heterocycles. The lowest BCUT2D eigenvalue weighted by Crippen LogP contribution is -2.36. The molecule has 0 fully saturated rings. The number of hydrogen-bond donors (Lipinski definition) is 1. The fourth-order valence-corrected chi connectivity index (χ4v) is 3.15. The monoisotopic (exact) mass is 383 g/mol. The van der Waals surface area contributed by atoms with Crippen LogP contribution in [0.5, 0.6) is 5.75 Å². The fourth-order valence-electron chi connectivity index (χ4n) is 3.15. The minimum atomic E-state index is -0.696. The molecule has 3 aromatic rings. The van der Waals surface area contributed by atoms with Gasteiger partial charge in [-0.25, -0.2) is 4.79 Å². The standard InChI is InChI=1S/C21H25N3O4/c1-5-6-16-9-19(25)28-20-13(2)18(8-7-17(16)20)27-14(3)21(26)22-10-15-11-23-24(4)12-15/h7-9,11-12,14H,5-6,10H2,1-4H3,(H,22,26). The highest BCUT2D eigenvalue weighted by Crippen LogP contribution is 2.29. The van der Waals surface area contributed by atoms with Gasteiger partial charge in [0.05, 0.1) is 6.20 Å². The second kappa shape index (κ2) is 8.29. The second-order valence-corrected chi connectivity index (χ2v) is 6.91. The van der Waals surface area contributed by atoms with Gasteiger partial charge in [-0.3, -0.25) is 9.48 Å². The van der Waals surface area contributed by atoms with E-state index >= 15 is 0 Å². The molecular formula is C21H25N3O4. The molecule has 0 aliphatic heterocycles. The van der Waals surface area contributed by atoms with E-state index in [1.54, 1.807) is 23.9 Å². The summed E-state index contributed by atoms with van der Waals surface area (Å²) < 4.78 is 13.0. The number of ether oxygens (including phenoxy) is 1. The number of carbonyl (C=O) groups is 1. The quantitative estimate of drug-likeness (QED) is 0.634. The molecule has 7 heteroatoms. The van der Waals surface area contributed by atoms with E-state index < -0.39 is 6.10 Å². The molecule has 1 atom stereocenters. The predicted octanol–water partition coefficient (Wildman–Crippen LogP) is 2.87. The maximum atomic E-state index is 12.4. The van der Waals surface area contributed by atoms with E-state index in [4.69, 9.17) is 9.15 Å². The number of amides is 1. The molecule has 0 aliphatic rings. The van der Waals surface area contributed by atoms with Gasteiger partial charge in [0.1, 0.15) is 11.3 Å². The molecule has 148 valence electrons. The fraction of sp³-hybridized carbons (Fsp3) is 0.381. The Morgan fingerprint density at radius 2 is 2.18 bits per heavy atom. The van der Waals surface area contributed by atoms with E-state index in [0.29, 0.717) is 23.4 Å². The Balaban J connectivity index is 1.76. The van der Waals surface area contributed by atoms with Crippen LogP contribution in [-0.4, -0.2) is 21.8 Å². The lowest BCUT2D eigenvalue weighted by atomic mass is 10.0. The van der Waals surface area contributed by atoms with E-state index in [2.05, 4.69) is 17.3 Å². The maximum absolute atomic E-state index is 12.4. The molecule has 1 unspecified atom stereocenters. The molecule has 1 aromatic carbocycles. The highest BCUT2D eigenvalue weighted by atomic mass is 16.5. The van der Waals surface area contributed by atoms with Crippen molar-refractivity contribution in [3.8, 4) is 5.75 Å².